The number of nitrogens with one attached hydrogen (secondary N) is 1. The van der Waals surface area contributed by atoms with Crippen LogP contribution in [0, 0.1) is 6.92 Å². The van der Waals surface area contributed by atoms with Gasteiger partial charge < -0.3 is 4.42 Å². The van der Waals surface area contributed by atoms with Crippen LogP contribution >= 0.6 is 0 Å². The van der Waals surface area contributed by atoms with E-state index in [9.17, 15) is 13.2 Å². The molecule has 8 heteroatoms. The Labute approximate surface area is 145 Å². The predicted octanol–water partition coefficient (Wildman–Crippen LogP) is 2.55. The van der Waals surface area contributed by atoms with Crippen molar-refractivity contribution in [1.29, 1.82) is 0 Å². The summed E-state index contributed by atoms with van der Waals surface area (Å²) in [5, 5.41) is 5.94. The number of benzene rings is 1. The van der Waals surface area contributed by atoms with Gasteiger partial charge in [-0.05, 0) is 49.7 Å². The van der Waals surface area contributed by atoms with E-state index in [0.717, 1.165) is 5.56 Å². The number of nitrogens with zero attached hydrogens (tertiary/aromatic N) is 2. The molecule has 3 rings (SSSR count). The minimum Gasteiger partial charge on any atom is -0.441 e. The van der Waals surface area contributed by atoms with Gasteiger partial charge in [0.25, 0.3) is 15.6 Å². The second kappa shape index (κ2) is 6.56. The van der Waals surface area contributed by atoms with Crippen molar-refractivity contribution in [3.8, 4) is 11.5 Å². The average molecular weight is 359 g/mol. The number of aromatic nitrogens is 2. The van der Waals surface area contributed by atoms with Gasteiger partial charge in [-0.25, -0.2) is 5.10 Å². The van der Waals surface area contributed by atoms with Crippen LogP contribution in [0.2, 0.25) is 0 Å². The average Bonchev–Trinajstić information content (AvgIpc) is 3.07. The largest absolute Gasteiger partial charge is 0.441 e. The molecule has 0 aliphatic rings. The Morgan fingerprint density at radius 1 is 1.16 bits per heavy atom. The van der Waals surface area contributed by atoms with Gasteiger partial charge in [0.05, 0.1) is 5.69 Å². The second-order valence-corrected chi connectivity index (χ2v) is 7.23. The van der Waals surface area contributed by atoms with Crippen molar-refractivity contribution >= 4 is 15.7 Å². The zero-order chi connectivity index (χ0) is 18.0. The van der Waals surface area contributed by atoms with Crippen LogP contribution in [0.25, 0.3) is 11.5 Å². The lowest BCUT2D eigenvalue weighted by Crippen LogP contribution is -2.30. The van der Waals surface area contributed by atoms with Gasteiger partial charge >= 0.3 is 0 Å². The Morgan fingerprint density at radius 3 is 2.60 bits per heavy atom. The van der Waals surface area contributed by atoms with Gasteiger partial charge in [0.2, 0.25) is 5.09 Å². The van der Waals surface area contributed by atoms with Crippen molar-refractivity contribution < 1.29 is 12.8 Å². The normalized spacial score (nSPS) is 11.4. The first kappa shape index (κ1) is 17.0. The van der Waals surface area contributed by atoms with Crippen molar-refractivity contribution in [2.24, 2.45) is 0 Å². The third kappa shape index (κ3) is 3.34. The molecule has 3 aromatic rings. The first-order valence-electron chi connectivity index (χ1n) is 7.67. The summed E-state index contributed by atoms with van der Waals surface area (Å²) >= 11 is 0. The Morgan fingerprint density at radius 2 is 1.96 bits per heavy atom. The first-order chi connectivity index (χ1) is 11.9. The van der Waals surface area contributed by atoms with Crippen LogP contribution in [0.15, 0.2) is 62.8 Å². The highest BCUT2D eigenvalue weighted by Crippen LogP contribution is 2.28. The number of aryl methyl sites for hydroxylation is 1. The quantitative estimate of drug-likeness (QED) is 0.755. The van der Waals surface area contributed by atoms with Gasteiger partial charge in [-0.15, -0.1) is 0 Å². The van der Waals surface area contributed by atoms with Gasteiger partial charge in [0, 0.05) is 12.6 Å². The van der Waals surface area contributed by atoms with Crippen molar-refractivity contribution in [2.45, 2.75) is 18.9 Å². The van der Waals surface area contributed by atoms with E-state index in [-0.39, 0.29) is 23.0 Å². The number of H-pyrrole nitrogens is 1. The molecule has 130 valence electrons. The lowest BCUT2D eigenvalue weighted by molar-refractivity contribution is 0.458. The highest BCUT2D eigenvalue weighted by Gasteiger charge is 2.27. The summed E-state index contributed by atoms with van der Waals surface area (Å²) in [5.41, 5.74) is 1.53. The molecule has 1 N–H and O–H groups in total. The van der Waals surface area contributed by atoms with E-state index in [1.165, 1.54) is 28.6 Å². The third-order valence-electron chi connectivity index (χ3n) is 3.63. The van der Waals surface area contributed by atoms with E-state index in [1.807, 2.05) is 13.0 Å². The Kier molecular flexibility index (Phi) is 4.45. The Balaban J connectivity index is 1.99. The molecule has 0 amide bonds. The van der Waals surface area contributed by atoms with E-state index in [1.54, 1.807) is 25.1 Å². The molecule has 0 spiro atoms. The van der Waals surface area contributed by atoms with Crippen molar-refractivity contribution in [1.82, 2.24) is 10.2 Å². The summed E-state index contributed by atoms with van der Waals surface area (Å²) < 4.78 is 32.6. The van der Waals surface area contributed by atoms with Gasteiger partial charge in [0.15, 0.2) is 5.76 Å². The van der Waals surface area contributed by atoms with Crippen LogP contribution in [-0.2, 0) is 10.0 Å². The minimum atomic E-state index is -3.85. The summed E-state index contributed by atoms with van der Waals surface area (Å²) in [7, 11) is -3.85. The molecule has 0 saturated carbocycles. The number of rotatable bonds is 5. The fraction of sp³-hybridized carbons (Fsp3) is 0.176. The maximum Gasteiger partial charge on any atom is 0.297 e. The number of aromatic amines is 1. The van der Waals surface area contributed by atoms with E-state index in [2.05, 4.69) is 10.2 Å². The molecule has 2 aromatic heterocycles. The van der Waals surface area contributed by atoms with Gasteiger partial charge in [-0.1, -0.05) is 12.1 Å². The van der Waals surface area contributed by atoms with Gasteiger partial charge in [0.1, 0.15) is 5.69 Å². The highest BCUT2D eigenvalue weighted by atomic mass is 32.2. The molecule has 0 unspecified atom stereocenters. The van der Waals surface area contributed by atoms with Crippen LogP contribution in [-0.4, -0.2) is 25.2 Å². The first-order valence-corrected chi connectivity index (χ1v) is 9.11. The molecule has 1 aromatic carbocycles. The SMILES string of the molecule is CCN(c1cccc(C)c1)S(=O)(=O)c1ccc(-c2ccc(=O)[nH]n2)o1. The van der Waals surface area contributed by atoms with Crippen LogP contribution in [0.1, 0.15) is 12.5 Å². The topological polar surface area (TPSA) is 96.3 Å². The molecule has 2 heterocycles. The van der Waals surface area contributed by atoms with E-state index < -0.39 is 10.0 Å². The van der Waals surface area contributed by atoms with E-state index >= 15 is 0 Å². The number of anilines is 1. The molecule has 0 aliphatic heterocycles. The summed E-state index contributed by atoms with van der Waals surface area (Å²) in [6, 6.07) is 12.9. The molecule has 25 heavy (non-hydrogen) atoms. The predicted molar refractivity (Wildman–Crippen MR) is 93.9 cm³/mol. The number of sulfonamides is 1. The van der Waals surface area contributed by atoms with Crippen molar-refractivity contribution in [2.75, 3.05) is 10.8 Å². The van der Waals surface area contributed by atoms with Gasteiger partial charge in [-0.2, -0.15) is 13.5 Å². The van der Waals surface area contributed by atoms with Crippen LogP contribution in [0.3, 0.4) is 0 Å². The zero-order valence-corrected chi connectivity index (χ0v) is 14.6. The molecule has 0 saturated heterocycles. The molecule has 0 atom stereocenters. The zero-order valence-electron chi connectivity index (χ0n) is 13.8. The Bertz CT molecular complexity index is 1030. The number of hydrogen-bond donors (Lipinski definition) is 1. The van der Waals surface area contributed by atoms with Crippen molar-refractivity contribution in [3.05, 3.63) is 64.4 Å². The maximum absolute atomic E-state index is 12.9. The summed E-state index contributed by atoms with van der Waals surface area (Å²) in [6.07, 6.45) is 0. The van der Waals surface area contributed by atoms with Crippen LogP contribution in [0.4, 0.5) is 5.69 Å². The van der Waals surface area contributed by atoms with E-state index in [4.69, 9.17) is 4.42 Å². The fourth-order valence-electron chi connectivity index (χ4n) is 2.46. The van der Waals surface area contributed by atoms with Crippen molar-refractivity contribution in [3.63, 3.8) is 0 Å². The Hall–Kier alpha value is -2.87. The van der Waals surface area contributed by atoms with Gasteiger partial charge in [-0.3, -0.25) is 9.10 Å². The highest BCUT2D eigenvalue weighted by molar-refractivity contribution is 7.92. The van der Waals surface area contributed by atoms with Crippen LogP contribution in [0.5, 0.6) is 0 Å². The summed E-state index contributed by atoms with van der Waals surface area (Å²) in [4.78, 5) is 11.1. The molecular formula is C17H17N3O4S. The third-order valence-corrected chi connectivity index (χ3v) is 5.41. The standard InChI is InChI=1S/C17H17N3O4S/c1-3-20(13-6-4-5-12(2)11-13)25(22,23)17-10-8-15(24-17)14-7-9-16(21)19-18-14/h4-11H,3H2,1-2H3,(H,19,21). The molecule has 0 bridgehead atoms. The lowest BCUT2D eigenvalue weighted by atomic mass is 10.2. The molecule has 0 aliphatic carbocycles. The second-order valence-electron chi connectivity index (χ2n) is 5.43. The fourth-order valence-corrected chi connectivity index (χ4v) is 3.84. The summed E-state index contributed by atoms with van der Waals surface area (Å²) in [6.45, 7) is 3.92. The molecule has 0 radical (unpaired) electrons. The maximum atomic E-state index is 12.9. The molecule has 0 fully saturated rings. The minimum absolute atomic E-state index is 0.182. The number of furan rings is 1. The monoisotopic (exact) mass is 359 g/mol. The number of hydrogen-bond acceptors (Lipinski definition) is 5. The lowest BCUT2D eigenvalue weighted by Gasteiger charge is -2.21. The smallest absolute Gasteiger partial charge is 0.297 e. The molecule has 7 nitrogen and oxygen atoms in total. The summed E-state index contributed by atoms with van der Waals surface area (Å²) in [5.74, 6) is 0.259. The van der Waals surface area contributed by atoms with Crippen LogP contribution < -0.4 is 9.86 Å². The van der Waals surface area contributed by atoms with E-state index in [0.29, 0.717) is 11.4 Å². The molecular weight excluding hydrogens is 342 g/mol.